The highest BCUT2D eigenvalue weighted by atomic mass is 19.1. The van der Waals surface area contributed by atoms with E-state index < -0.39 is 0 Å². The van der Waals surface area contributed by atoms with E-state index in [9.17, 15) is 4.39 Å². The topological polar surface area (TPSA) is 21.3 Å². The number of benzene rings is 2. The average Bonchev–Trinajstić information content (AvgIpc) is 2.41. The van der Waals surface area contributed by atoms with Crippen molar-refractivity contribution >= 4 is 0 Å². The lowest BCUT2D eigenvalue weighted by molar-refractivity contribution is 0.476. The number of rotatable bonds is 6. The summed E-state index contributed by atoms with van der Waals surface area (Å²) in [4.78, 5) is 0. The third kappa shape index (κ3) is 4.07. The van der Waals surface area contributed by atoms with E-state index in [1.807, 2.05) is 18.2 Å². The second-order valence-electron chi connectivity index (χ2n) is 4.82. The van der Waals surface area contributed by atoms with Crippen LogP contribution in [0.2, 0.25) is 0 Å². The van der Waals surface area contributed by atoms with Crippen molar-refractivity contribution in [3.05, 3.63) is 59.4 Å². The summed E-state index contributed by atoms with van der Waals surface area (Å²) in [5, 5.41) is 3.38. The van der Waals surface area contributed by atoms with Gasteiger partial charge in [0.1, 0.15) is 17.3 Å². The van der Waals surface area contributed by atoms with Crippen molar-refractivity contribution < 1.29 is 9.13 Å². The number of aryl methyl sites for hydroxylation is 1. The largest absolute Gasteiger partial charge is 0.457 e. The minimum atomic E-state index is -0.292. The van der Waals surface area contributed by atoms with Gasteiger partial charge in [0.15, 0.2) is 0 Å². The molecule has 106 valence electrons. The first-order chi connectivity index (χ1) is 9.69. The summed E-state index contributed by atoms with van der Waals surface area (Å²) in [6.45, 7) is 6.08. The normalized spacial score (nSPS) is 10.6. The number of ether oxygens (including phenoxy) is 1. The second kappa shape index (κ2) is 7.06. The van der Waals surface area contributed by atoms with Gasteiger partial charge in [-0.1, -0.05) is 19.1 Å². The van der Waals surface area contributed by atoms with Gasteiger partial charge in [-0.05, 0) is 55.3 Å². The summed E-state index contributed by atoms with van der Waals surface area (Å²) in [7, 11) is 0. The Hall–Kier alpha value is -1.87. The van der Waals surface area contributed by atoms with Crippen molar-refractivity contribution in [2.45, 2.75) is 26.8 Å². The summed E-state index contributed by atoms with van der Waals surface area (Å²) in [5.74, 6) is 0.952. The van der Waals surface area contributed by atoms with Crippen LogP contribution in [0.1, 0.15) is 24.5 Å². The Bertz CT molecular complexity index is 569. The van der Waals surface area contributed by atoms with E-state index >= 15 is 0 Å². The van der Waals surface area contributed by atoms with Crippen LogP contribution in [0.4, 0.5) is 4.39 Å². The van der Waals surface area contributed by atoms with Gasteiger partial charge < -0.3 is 10.1 Å². The fraction of sp³-hybridized carbons (Fsp3) is 0.294. The molecule has 2 aromatic rings. The summed E-state index contributed by atoms with van der Waals surface area (Å²) in [5.41, 5.74) is 2.42. The molecule has 2 aromatic carbocycles. The molecular formula is C17H20FNO. The Labute approximate surface area is 119 Å². The zero-order valence-corrected chi connectivity index (χ0v) is 11.9. The first-order valence-electron chi connectivity index (χ1n) is 6.92. The highest BCUT2D eigenvalue weighted by Crippen LogP contribution is 2.24. The lowest BCUT2D eigenvalue weighted by atomic mass is 10.1. The zero-order chi connectivity index (χ0) is 14.4. The van der Waals surface area contributed by atoms with E-state index in [0.717, 1.165) is 25.3 Å². The molecule has 0 bridgehead atoms. The zero-order valence-electron chi connectivity index (χ0n) is 11.9. The van der Waals surface area contributed by atoms with E-state index in [2.05, 4.69) is 19.2 Å². The molecular weight excluding hydrogens is 253 g/mol. The van der Waals surface area contributed by atoms with Gasteiger partial charge in [-0.3, -0.25) is 0 Å². The summed E-state index contributed by atoms with van der Waals surface area (Å²) in [6, 6.07) is 12.1. The first kappa shape index (κ1) is 14.5. The lowest BCUT2D eigenvalue weighted by Crippen LogP contribution is -2.14. The van der Waals surface area contributed by atoms with Crippen LogP contribution in [-0.4, -0.2) is 6.54 Å². The van der Waals surface area contributed by atoms with Crippen molar-refractivity contribution in [3.63, 3.8) is 0 Å². The van der Waals surface area contributed by atoms with Crippen LogP contribution < -0.4 is 10.1 Å². The van der Waals surface area contributed by atoms with Crippen LogP contribution in [0.25, 0.3) is 0 Å². The number of nitrogens with one attached hydrogen (secondary N) is 1. The lowest BCUT2D eigenvalue weighted by Gasteiger charge is -2.10. The van der Waals surface area contributed by atoms with Gasteiger partial charge >= 0.3 is 0 Å². The predicted molar refractivity (Wildman–Crippen MR) is 79.7 cm³/mol. The van der Waals surface area contributed by atoms with Gasteiger partial charge in [0.25, 0.3) is 0 Å². The third-order valence-corrected chi connectivity index (χ3v) is 3.09. The minimum absolute atomic E-state index is 0.292. The van der Waals surface area contributed by atoms with Crippen LogP contribution >= 0.6 is 0 Å². The molecule has 20 heavy (non-hydrogen) atoms. The average molecular weight is 273 g/mol. The summed E-state index contributed by atoms with van der Waals surface area (Å²) >= 11 is 0. The number of halogens is 1. The highest BCUT2D eigenvalue weighted by molar-refractivity contribution is 5.37. The maximum absolute atomic E-state index is 13.1. The Morgan fingerprint density at radius 1 is 1.10 bits per heavy atom. The van der Waals surface area contributed by atoms with Crippen LogP contribution in [-0.2, 0) is 6.54 Å². The molecule has 0 aliphatic heterocycles. The van der Waals surface area contributed by atoms with Crippen LogP contribution in [0.5, 0.6) is 11.5 Å². The van der Waals surface area contributed by atoms with Crippen LogP contribution in [0, 0.1) is 12.7 Å². The van der Waals surface area contributed by atoms with E-state index in [1.54, 1.807) is 12.1 Å². The fourth-order valence-electron chi connectivity index (χ4n) is 2.00. The van der Waals surface area contributed by atoms with E-state index in [4.69, 9.17) is 4.74 Å². The third-order valence-electron chi connectivity index (χ3n) is 3.09. The summed E-state index contributed by atoms with van der Waals surface area (Å²) < 4.78 is 18.8. The molecule has 0 unspecified atom stereocenters. The first-order valence-corrected chi connectivity index (χ1v) is 6.92. The van der Waals surface area contributed by atoms with Crippen molar-refractivity contribution in [2.75, 3.05) is 6.54 Å². The molecule has 0 aliphatic rings. The molecule has 0 amide bonds. The van der Waals surface area contributed by atoms with Gasteiger partial charge in [0.2, 0.25) is 0 Å². The monoisotopic (exact) mass is 273 g/mol. The molecule has 0 atom stereocenters. The van der Waals surface area contributed by atoms with Crippen molar-refractivity contribution in [1.29, 1.82) is 0 Å². The molecule has 0 spiro atoms. The standard InChI is InChI=1S/C17H20FNO/c1-3-9-19-12-14-7-8-17(10-13(14)2)20-16-6-4-5-15(18)11-16/h4-8,10-11,19H,3,9,12H2,1-2H3. The van der Waals surface area contributed by atoms with Gasteiger partial charge in [0, 0.05) is 12.6 Å². The molecule has 0 aliphatic carbocycles. The van der Waals surface area contributed by atoms with Crippen LogP contribution in [0.15, 0.2) is 42.5 Å². The van der Waals surface area contributed by atoms with Crippen molar-refractivity contribution in [3.8, 4) is 11.5 Å². The Morgan fingerprint density at radius 2 is 1.90 bits per heavy atom. The maximum Gasteiger partial charge on any atom is 0.130 e. The van der Waals surface area contributed by atoms with Gasteiger partial charge in [-0.15, -0.1) is 0 Å². The maximum atomic E-state index is 13.1. The smallest absolute Gasteiger partial charge is 0.130 e. The second-order valence-corrected chi connectivity index (χ2v) is 4.82. The van der Waals surface area contributed by atoms with E-state index in [-0.39, 0.29) is 5.82 Å². The molecule has 0 aromatic heterocycles. The molecule has 0 radical (unpaired) electrons. The van der Waals surface area contributed by atoms with Gasteiger partial charge in [-0.2, -0.15) is 0 Å². The molecule has 1 N–H and O–H groups in total. The molecule has 0 saturated heterocycles. The number of hydrogen-bond donors (Lipinski definition) is 1. The Balaban J connectivity index is 2.05. The molecule has 3 heteroatoms. The minimum Gasteiger partial charge on any atom is -0.457 e. The SMILES string of the molecule is CCCNCc1ccc(Oc2cccc(F)c2)cc1C. The fourth-order valence-corrected chi connectivity index (χ4v) is 2.00. The molecule has 2 nitrogen and oxygen atoms in total. The van der Waals surface area contributed by atoms with Crippen molar-refractivity contribution in [2.24, 2.45) is 0 Å². The van der Waals surface area contributed by atoms with E-state index in [0.29, 0.717) is 5.75 Å². The Kier molecular flexibility index (Phi) is 5.13. The van der Waals surface area contributed by atoms with Gasteiger partial charge in [-0.25, -0.2) is 4.39 Å². The van der Waals surface area contributed by atoms with E-state index in [1.165, 1.54) is 23.3 Å². The highest BCUT2D eigenvalue weighted by Gasteiger charge is 2.03. The van der Waals surface area contributed by atoms with Crippen molar-refractivity contribution in [1.82, 2.24) is 5.32 Å². The molecule has 0 fully saturated rings. The van der Waals surface area contributed by atoms with Gasteiger partial charge in [0.05, 0.1) is 0 Å². The summed E-state index contributed by atoms with van der Waals surface area (Å²) in [6.07, 6.45) is 1.12. The Morgan fingerprint density at radius 3 is 2.60 bits per heavy atom. The quantitative estimate of drug-likeness (QED) is 0.786. The predicted octanol–water partition coefficient (Wildman–Crippen LogP) is 4.43. The van der Waals surface area contributed by atoms with Crippen LogP contribution in [0.3, 0.4) is 0 Å². The molecule has 2 rings (SSSR count). The molecule has 0 heterocycles. The number of hydrogen-bond acceptors (Lipinski definition) is 2. The molecule has 0 saturated carbocycles.